The molecule has 58 valence electrons. The fraction of sp³-hybridized carbons (Fsp3) is 0. The van der Waals surface area contributed by atoms with Crippen molar-refractivity contribution in [1.82, 2.24) is 0 Å². The summed E-state index contributed by atoms with van der Waals surface area (Å²) in [5.74, 6) is -1.15. The zero-order valence-electron chi connectivity index (χ0n) is 5.48. The van der Waals surface area contributed by atoms with Crippen LogP contribution in [0.1, 0.15) is 0 Å². The van der Waals surface area contributed by atoms with E-state index in [2.05, 4.69) is 12.6 Å². The molecule has 0 atom stereocenters. The lowest BCUT2D eigenvalue weighted by molar-refractivity contribution is 0.394. The third-order valence-electron chi connectivity index (χ3n) is 1.20. The topological polar surface area (TPSA) is 57.5 Å². The first-order chi connectivity index (χ1) is 5.13. The van der Waals surface area contributed by atoms with Crippen LogP contribution < -0.4 is 5.43 Å². The Balaban J connectivity index is 3.62. The molecule has 1 aromatic carbocycles. The zero-order chi connectivity index (χ0) is 8.43. The second-order valence-electron chi connectivity index (χ2n) is 1.97. The molecule has 4 heteroatoms. The lowest BCUT2D eigenvalue weighted by atomic mass is 10.4. The quantitative estimate of drug-likeness (QED) is 0.503. The Morgan fingerprint density at radius 2 is 1.82 bits per heavy atom. The number of hydrogen-bond donors (Lipinski definition) is 3. The Kier molecular flexibility index (Phi) is 2.05. The molecule has 0 radical (unpaired) electrons. The third-order valence-corrected chi connectivity index (χ3v) is 1.56. The number of hydrogen-bond acceptors (Lipinski definition) is 4. The van der Waals surface area contributed by atoms with E-state index in [-0.39, 0.29) is 4.90 Å². The molecule has 0 saturated carbocycles. The van der Waals surface area contributed by atoms with E-state index in [1.54, 1.807) is 0 Å². The maximum atomic E-state index is 10.7. The van der Waals surface area contributed by atoms with Gasteiger partial charge in [0.15, 0.2) is 5.75 Å². The summed E-state index contributed by atoms with van der Waals surface area (Å²) < 4.78 is 0. The molecule has 0 amide bonds. The van der Waals surface area contributed by atoms with Gasteiger partial charge in [-0.1, -0.05) is 6.07 Å². The molecule has 3 nitrogen and oxygen atoms in total. The lowest BCUT2D eigenvalue weighted by Crippen LogP contribution is -1.92. The highest BCUT2D eigenvalue weighted by atomic mass is 32.1. The van der Waals surface area contributed by atoms with Gasteiger partial charge in [-0.05, 0) is 12.1 Å². The number of thiol groups is 1. The second-order valence-corrected chi connectivity index (χ2v) is 2.45. The van der Waals surface area contributed by atoms with Crippen molar-refractivity contribution in [2.24, 2.45) is 0 Å². The molecule has 0 unspecified atom stereocenters. The molecule has 0 heterocycles. The van der Waals surface area contributed by atoms with E-state index in [1.165, 1.54) is 12.1 Å². The Morgan fingerprint density at radius 1 is 1.18 bits per heavy atom. The molecule has 11 heavy (non-hydrogen) atoms. The monoisotopic (exact) mass is 170 g/mol. The molecule has 0 aliphatic carbocycles. The van der Waals surface area contributed by atoms with Gasteiger partial charge >= 0.3 is 0 Å². The highest BCUT2D eigenvalue weighted by molar-refractivity contribution is 7.80. The minimum absolute atomic E-state index is 0.171. The van der Waals surface area contributed by atoms with Crippen LogP contribution in [0.15, 0.2) is 27.9 Å². The summed E-state index contributed by atoms with van der Waals surface area (Å²) in [5.41, 5.74) is -0.622. The highest BCUT2D eigenvalue weighted by Gasteiger charge is 2.03. The van der Waals surface area contributed by atoms with Crippen molar-refractivity contribution in [3.8, 4) is 11.5 Å². The van der Waals surface area contributed by atoms with Crippen LogP contribution >= 0.6 is 12.6 Å². The van der Waals surface area contributed by atoms with Gasteiger partial charge in [0, 0.05) is 0 Å². The van der Waals surface area contributed by atoms with Gasteiger partial charge in [-0.3, -0.25) is 4.79 Å². The first-order valence-corrected chi connectivity index (χ1v) is 3.32. The van der Waals surface area contributed by atoms with Crippen molar-refractivity contribution in [3.05, 3.63) is 28.4 Å². The van der Waals surface area contributed by atoms with Crippen LogP contribution in [-0.4, -0.2) is 10.2 Å². The Bertz CT molecular complexity index is 335. The summed E-state index contributed by atoms with van der Waals surface area (Å²) in [6.07, 6.45) is 0. The average Bonchev–Trinajstić information content (AvgIpc) is 2.07. The number of rotatable bonds is 0. The summed E-state index contributed by atoms with van der Waals surface area (Å²) in [6.45, 7) is 0. The summed E-state index contributed by atoms with van der Waals surface area (Å²) in [5, 5.41) is 18.0. The minimum Gasteiger partial charge on any atom is -0.503 e. The normalized spacial score (nSPS) is 9.55. The van der Waals surface area contributed by atoms with Gasteiger partial charge in [-0.25, -0.2) is 0 Å². The van der Waals surface area contributed by atoms with Gasteiger partial charge in [-0.15, -0.1) is 12.6 Å². The fourth-order valence-electron chi connectivity index (χ4n) is 0.623. The highest BCUT2D eigenvalue weighted by Crippen LogP contribution is 2.25. The van der Waals surface area contributed by atoms with Crippen molar-refractivity contribution < 1.29 is 10.2 Å². The van der Waals surface area contributed by atoms with Crippen molar-refractivity contribution in [3.63, 3.8) is 0 Å². The van der Waals surface area contributed by atoms with E-state index in [1.807, 2.05) is 0 Å². The summed E-state index contributed by atoms with van der Waals surface area (Å²) in [7, 11) is 0. The first-order valence-electron chi connectivity index (χ1n) is 2.87. The summed E-state index contributed by atoms with van der Waals surface area (Å²) >= 11 is 3.81. The summed E-state index contributed by atoms with van der Waals surface area (Å²) in [4.78, 5) is 10.9. The van der Waals surface area contributed by atoms with Gasteiger partial charge in [0.25, 0.3) is 0 Å². The fourth-order valence-corrected chi connectivity index (χ4v) is 0.814. The Morgan fingerprint density at radius 3 is 2.45 bits per heavy atom. The van der Waals surface area contributed by atoms with Gasteiger partial charge in [-0.2, -0.15) is 0 Å². The van der Waals surface area contributed by atoms with Crippen LogP contribution in [0.3, 0.4) is 0 Å². The van der Waals surface area contributed by atoms with Gasteiger partial charge < -0.3 is 10.2 Å². The maximum absolute atomic E-state index is 10.7. The summed E-state index contributed by atoms with van der Waals surface area (Å²) in [6, 6.07) is 3.97. The van der Waals surface area contributed by atoms with E-state index in [9.17, 15) is 4.79 Å². The maximum Gasteiger partial charge on any atom is 0.224 e. The third kappa shape index (κ3) is 1.46. The molecule has 0 spiro atoms. The Labute approximate surface area is 68.3 Å². The van der Waals surface area contributed by atoms with Crippen molar-refractivity contribution >= 4 is 12.6 Å². The van der Waals surface area contributed by atoms with Gasteiger partial charge in [0.05, 0.1) is 4.90 Å². The minimum atomic E-state index is -0.667. The standard InChI is InChI=1S/C7H6O3S/c8-4-2-1-3-5(11)7(10)6(4)9/h1-3H,(H3,8,9,10,11). The second kappa shape index (κ2) is 2.84. The van der Waals surface area contributed by atoms with E-state index in [0.717, 1.165) is 6.07 Å². The molecule has 0 bridgehead atoms. The molecule has 0 saturated heterocycles. The van der Waals surface area contributed by atoms with Crippen LogP contribution in [0.25, 0.3) is 0 Å². The molecule has 1 aromatic rings. The van der Waals surface area contributed by atoms with E-state index in [4.69, 9.17) is 10.2 Å². The smallest absolute Gasteiger partial charge is 0.224 e. The average molecular weight is 170 g/mol. The van der Waals surface area contributed by atoms with Gasteiger partial charge in [0.1, 0.15) is 0 Å². The van der Waals surface area contributed by atoms with E-state index in [0.29, 0.717) is 0 Å². The molecule has 0 aromatic heterocycles. The van der Waals surface area contributed by atoms with E-state index >= 15 is 0 Å². The largest absolute Gasteiger partial charge is 0.503 e. The van der Waals surface area contributed by atoms with E-state index < -0.39 is 16.9 Å². The SMILES string of the molecule is O=c1cccc(S)c(O)c1O. The molecule has 0 aliphatic heterocycles. The van der Waals surface area contributed by atoms with Crippen LogP contribution in [0.5, 0.6) is 11.5 Å². The Hall–Kier alpha value is -1.16. The molecule has 1 rings (SSSR count). The molecule has 2 N–H and O–H groups in total. The van der Waals surface area contributed by atoms with Crippen LogP contribution in [0, 0.1) is 0 Å². The van der Waals surface area contributed by atoms with Crippen molar-refractivity contribution in [2.45, 2.75) is 4.90 Å². The predicted molar refractivity (Wildman–Crippen MR) is 43.3 cm³/mol. The van der Waals surface area contributed by atoms with Crippen molar-refractivity contribution in [2.75, 3.05) is 0 Å². The van der Waals surface area contributed by atoms with Crippen LogP contribution in [-0.2, 0) is 0 Å². The molecular weight excluding hydrogens is 164 g/mol. The molecule has 0 fully saturated rings. The van der Waals surface area contributed by atoms with Gasteiger partial charge in [0.2, 0.25) is 11.2 Å². The van der Waals surface area contributed by atoms with Crippen LogP contribution in [0.2, 0.25) is 0 Å². The predicted octanol–water partition coefficient (Wildman–Crippen LogP) is 0.747. The lowest BCUT2D eigenvalue weighted by Gasteiger charge is -1.90. The first kappa shape index (κ1) is 7.94. The van der Waals surface area contributed by atoms with Crippen LogP contribution in [0.4, 0.5) is 0 Å². The number of aromatic hydroxyl groups is 2. The van der Waals surface area contributed by atoms with Crippen molar-refractivity contribution in [1.29, 1.82) is 0 Å². The zero-order valence-corrected chi connectivity index (χ0v) is 6.38. The molecule has 0 aliphatic rings. The molecular formula is C7H6O3S.